The predicted molar refractivity (Wildman–Crippen MR) is 284 cm³/mol. The topological polar surface area (TPSA) is 214 Å². The summed E-state index contributed by atoms with van der Waals surface area (Å²) in [6.45, 7) is 3.61. The van der Waals surface area contributed by atoms with Crippen LogP contribution < -0.4 is 0 Å². The van der Waals surface area contributed by atoms with E-state index < -0.39 is 80.7 Å². The van der Waals surface area contributed by atoms with Gasteiger partial charge < -0.3 is 64.2 Å². The molecule has 0 aliphatic carbocycles. The van der Waals surface area contributed by atoms with Crippen molar-refractivity contribution in [2.24, 2.45) is 0 Å². The van der Waals surface area contributed by atoms with Crippen molar-refractivity contribution < 1.29 is 69.0 Å². The number of carbonyl (C=O) groups excluding carboxylic acids is 1. The van der Waals surface area contributed by atoms with Crippen LogP contribution in [0.1, 0.15) is 200 Å². The van der Waals surface area contributed by atoms with E-state index in [2.05, 4.69) is 74.6 Å². The van der Waals surface area contributed by atoms with Gasteiger partial charge in [0, 0.05) is 13.0 Å². The highest BCUT2D eigenvalue weighted by molar-refractivity contribution is 5.69. The third-order valence-corrected chi connectivity index (χ3v) is 13.2. The van der Waals surface area contributed by atoms with Crippen molar-refractivity contribution in [2.75, 3.05) is 33.0 Å². The minimum atomic E-state index is -1.71. The zero-order valence-electron chi connectivity index (χ0n) is 44.7. The second kappa shape index (κ2) is 44.9. The number of rotatable bonds is 45. The largest absolute Gasteiger partial charge is 0.457 e. The van der Waals surface area contributed by atoms with E-state index in [9.17, 15) is 40.5 Å². The summed E-state index contributed by atoms with van der Waals surface area (Å²) < 4.78 is 34.3. The molecule has 0 aromatic rings. The van der Waals surface area contributed by atoms with Gasteiger partial charge in [0.15, 0.2) is 12.6 Å². The van der Waals surface area contributed by atoms with Crippen LogP contribution >= 0.6 is 0 Å². The van der Waals surface area contributed by atoms with Crippen LogP contribution in [0, 0.1) is 0 Å². The van der Waals surface area contributed by atoms with Crippen molar-refractivity contribution in [3.8, 4) is 0 Å². The van der Waals surface area contributed by atoms with E-state index in [4.69, 9.17) is 28.4 Å². The first kappa shape index (κ1) is 65.8. The number of aliphatic hydroxyl groups excluding tert-OH is 7. The van der Waals surface area contributed by atoms with Gasteiger partial charge in [0.1, 0.15) is 54.9 Å². The van der Waals surface area contributed by atoms with Crippen molar-refractivity contribution in [1.82, 2.24) is 0 Å². The monoisotopic (exact) mass is 1020 g/mol. The maximum atomic E-state index is 13.1. The molecule has 0 spiro atoms. The number of unbranched alkanes of at least 4 members (excludes halogenated alkanes) is 21. The zero-order valence-corrected chi connectivity index (χ0v) is 44.7. The highest BCUT2D eigenvalue weighted by Crippen LogP contribution is 2.26. The fourth-order valence-corrected chi connectivity index (χ4v) is 8.60. The lowest BCUT2D eigenvalue weighted by molar-refractivity contribution is -0.332. The van der Waals surface area contributed by atoms with Crippen molar-refractivity contribution in [1.29, 1.82) is 0 Å². The molecule has 2 aliphatic rings. The van der Waals surface area contributed by atoms with Crippen molar-refractivity contribution in [2.45, 2.75) is 268 Å². The van der Waals surface area contributed by atoms with E-state index in [1.807, 2.05) is 0 Å². The van der Waals surface area contributed by atoms with Gasteiger partial charge in [-0.3, -0.25) is 4.79 Å². The van der Waals surface area contributed by atoms with Crippen molar-refractivity contribution >= 4 is 5.97 Å². The van der Waals surface area contributed by atoms with Crippen molar-refractivity contribution in [3.63, 3.8) is 0 Å². The molecule has 72 heavy (non-hydrogen) atoms. The Morgan fingerprint density at radius 1 is 0.458 bits per heavy atom. The Hall–Kier alpha value is -2.31. The number of hydrogen-bond donors (Lipinski definition) is 7. The van der Waals surface area contributed by atoms with Crippen LogP contribution in [0.25, 0.3) is 0 Å². The summed E-state index contributed by atoms with van der Waals surface area (Å²) in [5.74, 6) is -0.388. The van der Waals surface area contributed by atoms with Crippen molar-refractivity contribution in [3.05, 3.63) is 60.8 Å². The van der Waals surface area contributed by atoms with E-state index in [-0.39, 0.29) is 25.6 Å². The van der Waals surface area contributed by atoms with Gasteiger partial charge in [-0.1, -0.05) is 177 Å². The Bertz CT molecular complexity index is 1420. The summed E-state index contributed by atoms with van der Waals surface area (Å²) >= 11 is 0. The molecule has 2 rings (SSSR count). The normalized spacial score (nSPS) is 25.6. The zero-order chi connectivity index (χ0) is 52.3. The molecule has 0 aromatic heterocycles. The first-order valence-electron chi connectivity index (χ1n) is 28.4. The highest BCUT2D eigenvalue weighted by atomic mass is 16.7. The molecule has 11 atom stereocenters. The summed E-state index contributed by atoms with van der Waals surface area (Å²) in [5, 5.41) is 72.3. The number of aliphatic hydroxyl groups is 7. The molecule has 11 unspecified atom stereocenters. The number of esters is 1. The molecule has 14 nitrogen and oxygen atoms in total. The Morgan fingerprint density at radius 3 is 1.39 bits per heavy atom. The molecule has 418 valence electrons. The van der Waals surface area contributed by atoms with Gasteiger partial charge in [-0.25, -0.2) is 0 Å². The Kier molecular flexibility index (Phi) is 41.1. The average Bonchev–Trinajstić information content (AvgIpc) is 3.38. The molecule has 2 saturated heterocycles. The molecular weight excluding hydrogens is 921 g/mol. The SMILES string of the molecule is CCCC/C=C\C/C=C\CCCCCCCCOCC(COC1OC(COC2OC(CO)C(O)C(O)C2O)C(O)C(O)C1O)OC(=O)CCCCCCCCCC/C=C\C/C=C\C/C=C\CCCCCCC. The fourth-order valence-electron chi connectivity index (χ4n) is 8.60. The quantitative estimate of drug-likeness (QED) is 0.0172. The van der Waals surface area contributed by atoms with Gasteiger partial charge in [0.2, 0.25) is 0 Å². The summed E-state index contributed by atoms with van der Waals surface area (Å²) in [6, 6.07) is 0. The Morgan fingerprint density at radius 2 is 0.875 bits per heavy atom. The fraction of sp³-hybridized carbons (Fsp3) is 0.810. The van der Waals surface area contributed by atoms with Gasteiger partial charge >= 0.3 is 5.97 Å². The second-order valence-electron chi connectivity index (χ2n) is 19.8. The molecule has 7 N–H and O–H groups in total. The number of hydrogen-bond acceptors (Lipinski definition) is 14. The molecular formula is C58H102O14. The molecule has 0 radical (unpaired) electrons. The molecule has 0 bridgehead atoms. The molecule has 2 heterocycles. The Labute approximate surface area is 434 Å². The molecule has 0 amide bonds. The number of allylic oxidation sites excluding steroid dienone is 10. The van der Waals surface area contributed by atoms with Gasteiger partial charge in [-0.05, 0) is 77.0 Å². The maximum absolute atomic E-state index is 13.1. The summed E-state index contributed by atoms with van der Waals surface area (Å²) in [7, 11) is 0. The van der Waals surface area contributed by atoms with Crippen LogP contribution in [0.4, 0.5) is 0 Å². The second-order valence-corrected chi connectivity index (χ2v) is 19.8. The lowest BCUT2D eigenvalue weighted by Crippen LogP contribution is -2.61. The van der Waals surface area contributed by atoms with Crippen LogP contribution in [0.5, 0.6) is 0 Å². The molecule has 0 saturated carbocycles. The van der Waals surface area contributed by atoms with Crippen LogP contribution in [-0.2, 0) is 33.2 Å². The van der Waals surface area contributed by atoms with Gasteiger partial charge in [0.05, 0.1) is 26.4 Å². The summed E-state index contributed by atoms with van der Waals surface area (Å²) in [5.41, 5.74) is 0. The van der Waals surface area contributed by atoms with E-state index >= 15 is 0 Å². The smallest absolute Gasteiger partial charge is 0.306 e. The average molecular weight is 1020 g/mol. The molecule has 0 aromatic carbocycles. The minimum absolute atomic E-state index is 0.0492. The molecule has 2 aliphatic heterocycles. The first-order valence-corrected chi connectivity index (χ1v) is 28.4. The Balaban J connectivity index is 1.73. The summed E-state index contributed by atoms with van der Waals surface area (Å²) in [4.78, 5) is 13.1. The van der Waals surface area contributed by atoms with E-state index in [1.165, 1.54) is 89.9 Å². The van der Waals surface area contributed by atoms with E-state index in [1.54, 1.807) is 0 Å². The predicted octanol–water partition coefficient (Wildman–Crippen LogP) is 9.69. The van der Waals surface area contributed by atoms with Gasteiger partial charge in [0.25, 0.3) is 0 Å². The standard InChI is InChI=1S/C58H102O14/c1-3-5-7-9-11-13-15-17-19-20-21-22-23-24-25-26-27-29-31-33-35-37-39-41-50(60)70-47(44-67-42-40-38-36-34-32-30-28-18-16-14-12-10-8-6-4-2)45-68-57-56(66)54(64)52(62)49(72-57)46-69-58-55(65)53(63)51(61)48(43-59)71-58/h10,12,15-18,20-21,23-24,47-49,51-59,61-66H,3-9,11,13-14,19,22,25-46H2,1-2H3/b12-10-,17-15-,18-16-,21-20-,24-23-. The van der Waals surface area contributed by atoms with Crippen LogP contribution in [0.3, 0.4) is 0 Å². The highest BCUT2D eigenvalue weighted by Gasteiger charge is 2.47. The van der Waals surface area contributed by atoms with E-state index in [0.29, 0.717) is 13.0 Å². The van der Waals surface area contributed by atoms with E-state index in [0.717, 1.165) is 83.5 Å². The van der Waals surface area contributed by atoms with Crippen LogP contribution in [0.15, 0.2) is 60.8 Å². The lowest BCUT2D eigenvalue weighted by Gasteiger charge is -2.42. The molecule has 2 fully saturated rings. The van der Waals surface area contributed by atoms with Gasteiger partial charge in [-0.15, -0.1) is 0 Å². The van der Waals surface area contributed by atoms with Gasteiger partial charge in [-0.2, -0.15) is 0 Å². The summed E-state index contributed by atoms with van der Waals surface area (Å²) in [6.07, 6.45) is 38.5. The maximum Gasteiger partial charge on any atom is 0.306 e. The first-order chi connectivity index (χ1) is 35.1. The lowest BCUT2D eigenvalue weighted by atomic mass is 9.98. The van der Waals surface area contributed by atoms with Crippen LogP contribution in [-0.4, -0.2) is 142 Å². The van der Waals surface area contributed by atoms with Crippen LogP contribution in [0.2, 0.25) is 0 Å². The molecule has 14 heteroatoms. The number of ether oxygens (including phenoxy) is 6. The number of carbonyl (C=O) groups is 1. The third kappa shape index (κ3) is 31.5. The minimum Gasteiger partial charge on any atom is -0.457 e. The third-order valence-electron chi connectivity index (χ3n) is 13.2.